The van der Waals surface area contributed by atoms with Crippen LogP contribution in [0.4, 0.5) is 4.39 Å². The van der Waals surface area contributed by atoms with E-state index in [9.17, 15) is 17.6 Å². The second-order valence-corrected chi connectivity index (χ2v) is 10.6. The molecule has 0 unspecified atom stereocenters. The standard InChI is InChI=1S/C30H24FNO3S/c1-21-12-18-26(19-13-21)36(34,35)32-28(23-10-6-3-7-11-23)20-27(22-8-4-2-5-9-22)29(30(32)33)24-14-16-25(31)17-15-24/h2-20,27,29H,1H3/t27-,29-/m0/s1. The normalized spacial score (nSPS) is 18.1. The van der Waals surface area contributed by atoms with Gasteiger partial charge in [-0.3, -0.25) is 4.79 Å². The van der Waals surface area contributed by atoms with Gasteiger partial charge in [0.1, 0.15) is 5.82 Å². The Bertz CT molecular complexity index is 1520. The summed E-state index contributed by atoms with van der Waals surface area (Å²) in [6, 6.07) is 30.6. The van der Waals surface area contributed by atoms with Crippen molar-refractivity contribution in [2.45, 2.75) is 23.7 Å². The molecule has 0 spiro atoms. The minimum atomic E-state index is -4.24. The van der Waals surface area contributed by atoms with E-state index in [0.717, 1.165) is 15.4 Å². The Labute approximate surface area is 210 Å². The summed E-state index contributed by atoms with van der Waals surface area (Å²) in [5.41, 5.74) is 3.23. The molecule has 1 aliphatic heterocycles. The van der Waals surface area contributed by atoms with Gasteiger partial charge < -0.3 is 0 Å². The number of carbonyl (C=O) groups is 1. The first-order chi connectivity index (χ1) is 17.4. The van der Waals surface area contributed by atoms with Crippen molar-refractivity contribution in [2.24, 2.45) is 0 Å². The van der Waals surface area contributed by atoms with Crippen LogP contribution in [0.15, 0.2) is 120 Å². The smallest absolute Gasteiger partial charge is 0.270 e. The lowest BCUT2D eigenvalue weighted by molar-refractivity contribution is -0.126. The number of nitrogens with zero attached hydrogens (tertiary/aromatic N) is 1. The molecule has 1 heterocycles. The second-order valence-electron chi connectivity index (χ2n) is 8.80. The van der Waals surface area contributed by atoms with Gasteiger partial charge in [0.15, 0.2) is 0 Å². The number of hydrogen-bond donors (Lipinski definition) is 0. The largest absolute Gasteiger partial charge is 0.273 e. The molecule has 4 aromatic carbocycles. The van der Waals surface area contributed by atoms with E-state index >= 15 is 0 Å². The van der Waals surface area contributed by atoms with E-state index in [4.69, 9.17) is 0 Å². The predicted octanol–water partition coefficient (Wildman–Crippen LogP) is 6.27. The first kappa shape index (κ1) is 23.7. The van der Waals surface area contributed by atoms with Crippen molar-refractivity contribution in [3.05, 3.63) is 143 Å². The Hall–Kier alpha value is -4.03. The van der Waals surface area contributed by atoms with Crippen LogP contribution in [0.3, 0.4) is 0 Å². The average molecular weight is 498 g/mol. The van der Waals surface area contributed by atoms with E-state index in [2.05, 4.69) is 0 Å². The maximum atomic E-state index is 14.3. The van der Waals surface area contributed by atoms with Crippen LogP contribution in [0, 0.1) is 12.7 Å². The fourth-order valence-electron chi connectivity index (χ4n) is 4.60. The molecule has 4 nitrogen and oxygen atoms in total. The summed E-state index contributed by atoms with van der Waals surface area (Å²) >= 11 is 0. The summed E-state index contributed by atoms with van der Waals surface area (Å²) < 4.78 is 42.6. The van der Waals surface area contributed by atoms with Gasteiger partial charge in [0.25, 0.3) is 10.0 Å². The molecule has 36 heavy (non-hydrogen) atoms. The minimum Gasteiger partial charge on any atom is -0.273 e. The summed E-state index contributed by atoms with van der Waals surface area (Å²) in [6.45, 7) is 1.87. The van der Waals surface area contributed by atoms with Crippen molar-refractivity contribution >= 4 is 21.6 Å². The van der Waals surface area contributed by atoms with Crippen molar-refractivity contribution < 1.29 is 17.6 Å². The number of rotatable bonds is 5. The van der Waals surface area contributed by atoms with E-state index in [1.54, 1.807) is 48.5 Å². The number of carbonyl (C=O) groups excluding carboxylic acids is 1. The van der Waals surface area contributed by atoms with Crippen LogP contribution in [-0.4, -0.2) is 18.6 Å². The van der Waals surface area contributed by atoms with E-state index in [1.165, 1.54) is 24.3 Å². The minimum absolute atomic E-state index is 0.0271. The molecular formula is C30H24FNO3S. The van der Waals surface area contributed by atoms with E-state index < -0.39 is 33.6 Å². The molecule has 0 saturated carbocycles. The Morgan fingerprint density at radius 1 is 0.722 bits per heavy atom. The van der Waals surface area contributed by atoms with Gasteiger partial charge in [0.05, 0.1) is 16.5 Å². The number of halogens is 1. The highest BCUT2D eigenvalue weighted by molar-refractivity contribution is 7.90. The lowest BCUT2D eigenvalue weighted by Gasteiger charge is -2.37. The van der Waals surface area contributed by atoms with Gasteiger partial charge in [-0.25, -0.2) is 17.1 Å². The third-order valence-electron chi connectivity index (χ3n) is 6.42. The molecule has 0 saturated heterocycles. The SMILES string of the molecule is Cc1ccc(S(=O)(=O)N2C(=O)[C@@H](c3ccc(F)cc3)[C@H](c3ccccc3)C=C2c2ccccc2)cc1. The zero-order valence-electron chi connectivity index (χ0n) is 19.6. The molecule has 0 aliphatic carbocycles. The number of hydrogen-bond acceptors (Lipinski definition) is 3. The Morgan fingerprint density at radius 3 is 1.92 bits per heavy atom. The quantitative estimate of drug-likeness (QED) is 0.326. The van der Waals surface area contributed by atoms with Gasteiger partial charge in [0, 0.05) is 5.92 Å². The third kappa shape index (κ3) is 4.36. The van der Waals surface area contributed by atoms with Crippen molar-refractivity contribution in [3.63, 3.8) is 0 Å². The highest BCUT2D eigenvalue weighted by atomic mass is 32.2. The van der Waals surface area contributed by atoms with Gasteiger partial charge in [-0.15, -0.1) is 0 Å². The van der Waals surface area contributed by atoms with Crippen LogP contribution in [0.2, 0.25) is 0 Å². The maximum Gasteiger partial charge on any atom is 0.270 e. The Morgan fingerprint density at radius 2 is 1.31 bits per heavy atom. The lowest BCUT2D eigenvalue weighted by atomic mass is 9.78. The molecule has 0 N–H and O–H groups in total. The van der Waals surface area contributed by atoms with E-state index in [0.29, 0.717) is 16.8 Å². The van der Waals surface area contributed by atoms with Crippen LogP contribution in [-0.2, 0) is 14.8 Å². The van der Waals surface area contributed by atoms with Crippen molar-refractivity contribution in [3.8, 4) is 0 Å². The zero-order chi connectivity index (χ0) is 25.3. The summed E-state index contributed by atoms with van der Waals surface area (Å²) in [5.74, 6) is -2.33. The van der Waals surface area contributed by atoms with Crippen LogP contribution < -0.4 is 0 Å². The van der Waals surface area contributed by atoms with Crippen LogP contribution in [0.25, 0.3) is 5.70 Å². The summed E-state index contributed by atoms with van der Waals surface area (Å²) in [5, 5.41) is 0. The Balaban J connectivity index is 1.76. The molecule has 4 aromatic rings. The molecule has 5 rings (SSSR count). The van der Waals surface area contributed by atoms with Crippen LogP contribution in [0.1, 0.15) is 34.1 Å². The highest BCUT2D eigenvalue weighted by Crippen LogP contribution is 2.45. The number of amides is 1. The molecule has 2 atom stereocenters. The van der Waals surface area contributed by atoms with Crippen LogP contribution >= 0.6 is 0 Å². The number of allylic oxidation sites excluding steroid dienone is 1. The molecule has 0 fully saturated rings. The number of aryl methyl sites for hydroxylation is 1. The molecule has 180 valence electrons. The monoisotopic (exact) mass is 497 g/mol. The van der Waals surface area contributed by atoms with Gasteiger partial charge in [-0.1, -0.05) is 96.6 Å². The van der Waals surface area contributed by atoms with E-state index in [-0.39, 0.29) is 4.90 Å². The molecular weight excluding hydrogens is 473 g/mol. The molecule has 0 bridgehead atoms. The lowest BCUT2D eigenvalue weighted by Crippen LogP contribution is -2.43. The van der Waals surface area contributed by atoms with Crippen molar-refractivity contribution in [2.75, 3.05) is 0 Å². The van der Waals surface area contributed by atoms with Gasteiger partial charge >= 0.3 is 0 Å². The first-order valence-corrected chi connectivity index (χ1v) is 13.0. The number of sulfonamides is 1. The van der Waals surface area contributed by atoms with E-state index in [1.807, 2.05) is 49.4 Å². The van der Waals surface area contributed by atoms with Gasteiger partial charge in [-0.05, 0) is 47.9 Å². The van der Waals surface area contributed by atoms with Crippen molar-refractivity contribution in [1.82, 2.24) is 4.31 Å². The summed E-state index contributed by atoms with van der Waals surface area (Å²) in [6.07, 6.45) is 1.84. The highest BCUT2D eigenvalue weighted by Gasteiger charge is 2.44. The molecule has 0 radical (unpaired) electrons. The molecule has 1 amide bonds. The molecule has 0 aromatic heterocycles. The average Bonchev–Trinajstić information content (AvgIpc) is 2.90. The predicted molar refractivity (Wildman–Crippen MR) is 138 cm³/mol. The Kier molecular flexibility index (Phi) is 6.29. The zero-order valence-corrected chi connectivity index (χ0v) is 20.4. The number of benzene rings is 4. The summed E-state index contributed by atoms with van der Waals surface area (Å²) in [4.78, 5) is 14.3. The fourth-order valence-corrected chi connectivity index (χ4v) is 6.07. The maximum absolute atomic E-state index is 14.3. The third-order valence-corrected chi connectivity index (χ3v) is 8.15. The van der Waals surface area contributed by atoms with Crippen molar-refractivity contribution in [1.29, 1.82) is 0 Å². The summed E-state index contributed by atoms with van der Waals surface area (Å²) in [7, 11) is -4.24. The fraction of sp³-hybridized carbons (Fsp3) is 0.100. The van der Waals surface area contributed by atoms with Gasteiger partial charge in [0.2, 0.25) is 5.91 Å². The van der Waals surface area contributed by atoms with Gasteiger partial charge in [-0.2, -0.15) is 0 Å². The molecule has 1 aliphatic rings. The second kappa shape index (κ2) is 9.55. The first-order valence-electron chi connectivity index (χ1n) is 11.6. The van der Waals surface area contributed by atoms with Crippen LogP contribution in [0.5, 0.6) is 0 Å². The molecule has 6 heteroatoms. The topological polar surface area (TPSA) is 54.5 Å².